The Hall–Kier alpha value is -3.41. The van der Waals surface area contributed by atoms with Crippen molar-refractivity contribution in [3.63, 3.8) is 0 Å². The summed E-state index contributed by atoms with van der Waals surface area (Å²) in [6, 6.07) is 15.5. The molecular formula is C24H25N5O. The number of hydrogen-bond donors (Lipinski definition) is 1. The average Bonchev–Trinajstić information content (AvgIpc) is 3.16. The first-order valence-electron chi connectivity index (χ1n) is 10.5. The molecule has 6 heteroatoms. The van der Waals surface area contributed by atoms with Gasteiger partial charge in [-0.25, -0.2) is 9.67 Å². The number of benzene rings is 2. The fourth-order valence-electron chi connectivity index (χ4n) is 4.28. The topological polar surface area (TPSA) is 64.7 Å². The minimum Gasteiger partial charge on any atom is -0.328 e. The summed E-state index contributed by atoms with van der Waals surface area (Å²) in [5, 5.41) is 7.50. The number of rotatable bonds is 3. The van der Waals surface area contributed by atoms with E-state index in [0.29, 0.717) is 5.56 Å². The van der Waals surface area contributed by atoms with Crippen molar-refractivity contribution in [2.24, 2.45) is 0 Å². The first kappa shape index (κ1) is 18.6. The van der Waals surface area contributed by atoms with Crippen molar-refractivity contribution >= 4 is 22.6 Å². The Kier molecular flexibility index (Phi) is 4.62. The quantitative estimate of drug-likeness (QED) is 0.537. The van der Waals surface area contributed by atoms with E-state index in [1.807, 2.05) is 61.0 Å². The summed E-state index contributed by atoms with van der Waals surface area (Å²) in [7, 11) is 0. The Morgan fingerprint density at radius 3 is 2.60 bits per heavy atom. The number of hydrogen-bond acceptors (Lipinski definition) is 3. The van der Waals surface area contributed by atoms with Gasteiger partial charge in [-0.2, -0.15) is 5.10 Å². The van der Waals surface area contributed by atoms with Gasteiger partial charge in [-0.1, -0.05) is 6.42 Å². The Morgan fingerprint density at radius 1 is 1.00 bits per heavy atom. The molecule has 0 bridgehead atoms. The van der Waals surface area contributed by atoms with Crippen LogP contribution in [0.25, 0.3) is 16.7 Å². The SMILES string of the molecule is Cc1cc(C)n(-c2ccc(C(=O)Nc3ccc4c(c3)nc3n4CCCCC3)cc2)n1. The third kappa shape index (κ3) is 3.38. The van der Waals surface area contributed by atoms with Crippen molar-refractivity contribution in [2.75, 3.05) is 5.32 Å². The molecule has 0 aliphatic carbocycles. The molecule has 6 nitrogen and oxygen atoms in total. The van der Waals surface area contributed by atoms with Gasteiger partial charge in [0, 0.05) is 29.9 Å². The number of fused-ring (bicyclic) bond motifs is 3. The van der Waals surface area contributed by atoms with Crippen LogP contribution in [0.2, 0.25) is 0 Å². The lowest BCUT2D eigenvalue weighted by molar-refractivity contribution is 0.102. The molecule has 4 aromatic rings. The first-order chi connectivity index (χ1) is 14.6. The molecule has 2 aromatic carbocycles. The second kappa shape index (κ2) is 7.44. The van der Waals surface area contributed by atoms with Crippen LogP contribution in [-0.2, 0) is 13.0 Å². The van der Waals surface area contributed by atoms with Gasteiger partial charge in [0.2, 0.25) is 0 Å². The van der Waals surface area contributed by atoms with Crippen molar-refractivity contribution in [3.8, 4) is 5.69 Å². The summed E-state index contributed by atoms with van der Waals surface area (Å²) in [5.74, 6) is 1.03. The Balaban J connectivity index is 1.36. The van der Waals surface area contributed by atoms with Gasteiger partial charge < -0.3 is 9.88 Å². The van der Waals surface area contributed by atoms with Crippen LogP contribution in [0.1, 0.15) is 46.8 Å². The van der Waals surface area contributed by atoms with Gasteiger partial charge in [-0.3, -0.25) is 4.79 Å². The number of anilines is 1. The number of aromatic nitrogens is 4. The summed E-state index contributed by atoms with van der Waals surface area (Å²) in [5.41, 5.74) is 6.46. The third-order valence-electron chi connectivity index (χ3n) is 5.75. The largest absolute Gasteiger partial charge is 0.328 e. The van der Waals surface area contributed by atoms with Crippen LogP contribution < -0.4 is 5.32 Å². The van der Waals surface area contributed by atoms with Crippen LogP contribution in [0.15, 0.2) is 48.5 Å². The maximum atomic E-state index is 12.7. The molecule has 1 N–H and O–H groups in total. The molecule has 0 saturated carbocycles. The Bertz CT molecular complexity index is 1230. The summed E-state index contributed by atoms with van der Waals surface area (Å²) in [6.45, 7) is 5.02. The van der Waals surface area contributed by atoms with Crippen molar-refractivity contribution in [1.29, 1.82) is 0 Å². The smallest absolute Gasteiger partial charge is 0.255 e. The predicted molar refractivity (Wildman–Crippen MR) is 118 cm³/mol. The van der Waals surface area contributed by atoms with Crippen LogP contribution in [0, 0.1) is 13.8 Å². The lowest BCUT2D eigenvalue weighted by Crippen LogP contribution is -2.12. The van der Waals surface area contributed by atoms with E-state index < -0.39 is 0 Å². The molecule has 0 unspecified atom stereocenters. The lowest BCUT2D eigenvalue weighted by Gasteiger charge is -2.08. The maximum Gasteiger partial charge on any atom is 0.255 e. The van der Waals surface area contributed by atoms with Gasteiger partial charge in [-0.15, -0.1) is 0 Å². The molecule has 3 heterocycles. The van der Waals surface area contributed by atoms with Crippen LogP contribution in [0.3, 0.4) is 0 Å². The van der Waals surface area contributed by atoms with Crippen LogP contribution >= 0.6 is 0 Å². The highest BCUT2D eigenvalue weighted by atomic mass is 16.1. The van der Waals surface area contributed by atoms with Crippen LogP contribution in [-0.4, -0.2) is 25.2 Å². The number of nitrogens with one attached hydrogen (secondary N) is 1. The molecule has 0 saturated heterocycles. The molecular weight excluding hydrogens is 374 g/mol. The zero-order valence-corrected chi connectivity index (χ0v) is 17.4. The molecule has 1 aliphatic rings. The van der Waals surface area contributed by atoms with Crippen molar-refractivity contribution < 1.29 is 4.79 Å². The van der Waals surface area contributed by atoms with Crippen molar-refractivity contribution in [1.82, 2.24) is 19.3 Å². The van der Waals surface area contributed by atoms with Gasteiger partial charge in [0.1, 0.15) is 5.82 Å². The van der Waals surface area contributed by atoms with Gasteiger partial charge in [0.05, 0.1) is 22.4 Å². The predicted octanol–water partition coefficient (Wildman–Crippen LogP) is 4.82. The van der Waals surface area contributed by atoms with E-state index in [9.17, 15) is 4.79 Å². The Labute approximate surface area is 175 Å². The van der Waals surface area contributed by atoms with E-state index in [1.165, 1.54) is 19.3 Å². The molecule has 1 amide bonds. The van der Waals surface area contributed by atoms with Crippen molar-refractivity contribution in [2.45, 2.75) is 46.1 Å². The number of amides is 1. The third-order valence-corrected chi connectivity index (χ3v) is 5.75. The summed E-state index contributed by atoms with van der Waals surface area (Å²) in [4.78, 5) is 17.6. The van der Waals surface area contributed by atoms with Gasteiger partial charge in [0.15, 0.2) is 0 Å². The van der Waals surface area contributed by atoms with E-state index >= 15 is 0 Å². The molecule has 1 aliphatic heterocycles. The number of carbonyl (C=O) groups is 1. The second-order valence-electron chi connectivity index (χ2n) is 8.03. The standard InChI is InChI=1S/C24H25N5O/c1-16-14-17(2)29(27-16)20-10-7-18(8-11-20)24(30)25-19-9-12-22-21(15-19)26-23-6-4-3-5-13-28(22)23/h7-12,14-15H,3-6,13H2,1-2H3,(H,25,30). The van der Waals surface area contributed by atoms with Gasteiger partial charge in [0.25, 0.3) is 5.91 Å². The highest BCUT2D eigenvalue weighted by molar-refractivity contribution is 6.05. The molecule has 0 radical (unpaired) electrons. The fraction of sp³-hybridized carbons (Fsp3) is 0.292. The molecule has 0 atom stereocenters. The molecule has 2 aromatic heterocycles. The maximum absolute atomic E-state index is 12.7. The number of nitrogens with zero attached hydrogens (tertiary/aromatic N) is 4. The normalized spacial score (nSPS) is 13.8. The number of imidazole rings is 1. The summed E-state index contributed by atoms with van der Waals surface area (Å²) in [6.07, 6.45) is 4.68. The van der Waals surface area contributed by atoms with E-state index in [4.69, 9.17) is 4.98 Å². The fourth-order valence-corrected chi connectivity index (χ4v) is 4.28. The Morgan fingerprint density at radius 2 is 1.83 bits per heavy atom. The molecule has 30 heavy (non-hydrogen) atoms. The number of carbonyl (C=O) groups excluding carboxylic acids is 1. The first-order valence-corrected chi connectivity index (χ1v) is 10.5. The molecule has 0 fully saturated rings. The van der Waals surface area contributed by atoms with Gasteiger partial charge in [-0.05, 0) is 75.2 Å². The summed E-state index contributed by atoms with van der Waals surface area (Å²) < 4.78 is 4.21. The van der Waals surface area contributed by atoms with Crippen molar-refractivity contribution in [3.05, 3.63) is 71.3 Å². The van der Waals surface area contributed by atoms with E-state index in [0.717, 1.165) is 52.6 Å². The van der Waals surface area contributed by atoms with Gasteiger partial charge >= 0.3 is 0 Å². The average molecular weight is 399 g/mol. The molecule has 152 valence electrons. The summed E-state index contributed by atoms with van der Waals surface area (Å²) >= 11 is 0. The number of aryl methyl sites for hydroxylation is 4. The van der Waals surface area contributed by atoms with E-state index in [1.54, 1.807) is 0 Å². The highest BCUT2D eigenvalue weighted by Crippen LogP contribution is 2.25. The van der Waals surface area contributed by atoms with E-state index in [2.05, 4.69) is 21.0 Å². The second-order valence-corrected chi connectivity index (χ2v) is 8.03. The molecule has 5 rings (SSSR count). The van der Waals surface area contributed by atoms with Crippen LogP contribution in [0.5, 0.6) is 0 Å². The zero-order valence-electron chi connectivity index (χ0n) is 17.4. The lowest BCUT2D eigenvalue weighted by atomic mass is 10.2. The van der Waals surface area contributed by atoms with Crippen LogP contribution in [0.4, 0.5) is 5.69 Å². The minimum atomic E-state index is -0.130. The monoisotopic (exact) mass is 399 g/mol. The highest BCUT2D eigenvalue weighted by Gasteiger charge is 2.15. The zero-order chi connectivity index (χ0) is 20.7. The molecule has 0 spiro atoms. The minimum absolute atomic E-state index is 0.130. The van der Waals surface area contributed by atoms with E-state index in [-0.39, 0.29) is 5.91 Å².